The molecule has 0 aliphatic carbocycles. The number of nitrogens with zero attached hydrogens (tertiary/aromatic N) is 2. The third-order valence-corrected chi connectivity index (χ3v) is 4.56. The number of rotatable bonds is 3. The number of aryl methyl sites for hydroxylation is 3. The average Bonchev–Trinajstić information content (AvgIpc) is 2.88. The van der Waals surface area contributed by atoms with Crippen molar-refractivity contribution >= 4 is 33.3 Å². The molecule has 1 N–H and O–H groups in total. The van der Waals surface area contributed by atoms with E-state index in [1.54, 1.807) is 0 Å². The second-order valence-corrected chi connectivity index (χ2v) is 6.20. The molecule has 1 amide bonds. The van der Waals surface area contributed by atoms with Crippen LogP contribution in [-0.2, 0) is 11.2 Å². The molecular formula is C17H17N3OS. The van der Waals surface area contributed by atoms with Crippen LogP contribution in [0.15, 0.2) is 29.6 Å². The van der Waals surface area contributed by atoms with Crippen LogP contribution < -0.4 is 5.32 Å². The Hall–Kier alpha value is -2.27. The average molecular weight is 311 g/mol. The normalized spacial score (nSPS) is 10.9. The van der Waals surface area contributed by atoms with Crippen molar-refractivity contribution in [2.45, 2.75) is 27.2 Å². The Morgan fingerprint density at radius 2 is 1.95 bits per heavy atom. The summed E-state index contributed by atoms with van der Waals surface area (Å²) in [6.45, 7) is 5.91. The number of benzene rings is 1. The highest BCUT2D eigenvalue weighted by Crippen LogP contribution is 2.23. The van der Waals surface area contributed by atoms with Gasteiger partial charge in [0, 0.05) is 16.5 Å². The van der Waals surface area contributed by atoms with Crippen molar-refractivity contribution in [3.8, 4) is 0 Å². The fourth-order valence-electron chi connectivity index (χ4n) is 2.57. The molecule has 0 atom stereocenters. The maximum absolute atomic E-state index is 12.3. The van der Waals surface area contributed by atoms with Crippen LogP contribution in [0.2, 0.25) is 0 Å². The molecule has 3 aromatic rings. The van der Waals surface area contributed by atoms with Crippen molar-refractivity contribution in [2.24, 2.45) is 0 Å². The van der Waals surface area contributed by atoms with E-state index in [9.17, 15) is 4.79 Å². The van der Waals surface area contributed by atoms with E-state index in [4.69, 9.17) is 0 Å². The topological polar surface area (TPSA) is 54.9 Å². The van der Waals surface area contributed by atoms with Crippen molar-refractivity contribution in [3.05, 3.63) is 52.2 Å². The standard InChI is InChI=1S/C17H17N3OS/c1-10-9-22-17(18-10)20-16(21)8-14-11(2)13-6-4-5-7-15(13)19-12(14)3/h4-7,9H,8H2,1-3H3,(H,18,20,21). The summed E-state index contributed by atoms with van der Waals surface area (Å²) in [5, 5.41) is 6.52. The fourth-order valence-corrected chi connectivity index (χ4v) is 3.27. The highest BCUT2D eigenvalue weighted by molar-refractivity contribution is 7.13. The van der Waals surface area contributed by atoms with Gasteiger partial charge in [0.25, 0.3) is 0 Å². The van der Waals surface area contributed by atoms with Crippen molar-refractivity contribution in [2.75, 3.05) is 5.32 Å². The Labute approximate surface area is 133 Å². The SMILES string of the molecule is Cc1csc(NC(=O)Cc2c(C)nc3ccccc3c2C)n1. The number of para-hydroxylation sites is 1. The molecule has 0 fully saturated rings. The third-order valence-electron chi connectivity index (χ3n) is 3.69. The van der Waals surface area contributed by atoms with Crippen molar-refractivity contribution in [1.82, 2.24) is 9.97 Å². The van der Waals surface area contributed by atoms with E-state index >= 15 is 0 Å². The molecule has 2 aromatic heterocycles. The number of carbonyl (C=O) groups is 1. The molecule has 4 nitrogen and oxygen atoms in total. The molecule has 0 unspecified atom stereocenters. The molecule has 0 aliphatic rings. The van der Waals surface area contributed by atoms with Crippen LogP contribution in [0.1, 0.15) is 22.5 Å². The van der Waals surface area contributed by atoms with Gasteiger partial charge >= 0.3 is 0 Å². The van der Waals surface area contributed by atoms with Crippen LogP contribution in [0.5, 0.6) is 0 Å². The number of hydrogen-bond acceptors (Lipinski definition) is 4. The first-order valence-electron chi connectivity index (χ1n) is 7.11. The minimum atomic E-state index is -0.0577. The summed E-state index contributed by atoms with van der Waals surface area (Å²) >= 11 is 1.44. The minimum absolute atomic E-state index is 0.0577. The van der Waals surface area contributed by atoms with Gasteiger partial charge in [-0.2, -0.15) is 0 Å². The Morgan fingerprint density at radius 3 is 2.68 bits per heavy atom. The number of fused-ring (bicyclic) bond motifs is 1. The number of anilines is 1. The van der Waals surface area contributed by atoms with Crippen molar-refractivity contribution in [3.63, 3.8) is 0 Å². The van der Waals surface area contributed by atoms with Gasteiger partial charge in [-0.25, -0.2) is 4.98 Å². The Morgan fingerprint density at radius 1 is 1.18 bits per heavy atom. The number of pyridine rings is 1. The molecule has 22 heavy (non-hydrogen) atoms. The van der Waals surface area contributed by atoms with Crippen LogP contribution in [0, 0.1) is 20.8 Å². The Kier molecular flexibility index (Phi) is 3.90. The molecule has 112 valence electrons. The Balaban J connectivity index is 1.88. The van der Waals surface area contributed by atoms with Crippen molar-refractivity contribution < 1.29 is 4.79 Å². The van der Waals surface area contributed by atoms with Gasteiger partial charge in [0.2, 0.25) is 5.91 Å². The van der Waals surface area contributed by atoms with E-state index in [1.807, 2.05) is 50.4 Å². The van der Waals surface area contributed by atoms with E-state index in [2.05, 4.69) is 15.3 Å². The highest BCUT2D eigenvalue weighted by atomic mass is 32.1. The van der Waals surface area contributed by atoms with Gasteiger partial charge in [0.15, 0.2) is 5.13 Å². The lowest BCUT2D eigenvalue weighted by atomic mass is 9.99. The zero-order valence-electron chi connectivity index (χ0n) is 12.8. The van der Waals surface area contributed by atoms with E-state index in [-0.39, 0.29) is 5.91 Å². The lowest BCUT2D eigenvalue weighted by Crippen LogP contribution is -2.16. The first kappa shape index (κ1) is 14.7. The number of carbonyl (C=O) groups excluding carboxylic acids is 1. The fraction of sp³-hybridized carbons (Fsp3) is 0.235. The molecule has 0 bridgehead atoms. The third kappa shape index (κ3) is 2.85. The molecule has 0 aliphatic heterocycles. The molecular weight excluding hydrogens is 294 g/mol. The molecule has 5 heteroatoms. The van der Waals surface area contributed by atoms with E-state index in [0.717, 1.165) is 33.4 Å². The van der Waals surface area contributed by atoms with Gasteiger partial charge in [-0.1, -0.05) is 18.2 Å². The van der Waals surface area contributed by atoms with E-state index in [0.29, 0.717) is 11.6 Å². The maximum atomic E-state index is 12.3. The van der Waals surface area contributed by atoms with Gasteiger partial charge in [-0.15, -0.1) is 11.3 Å². The first-order valence-corrected chi connectivity index (χ1v) is 7.99. The summed E-state index contributed by atoms with van der Waals surface area (Å²) in [6, 6.07) is 8.01. The zero-order chi connectivity index (χ0) is 15.7. The minimum Gasteiger partial charge on any atom is -0.302 e. The van der Waals surface area contributed by atoms with Crippen LogP contribution in [0.4, 0.5) is 5.13 Å². The number of nitrogens with one attached hydrogen (secondary N) is 1. The molecule has 0 saturated carbocycles. The van der Waals surface area contributed by atoms with Crippen LogP contribution in [-0.4, -0.2) is 15.9 Å². The molecule has 2 heterocycles. The summed E-state index contributed by atoms with van der Waals surface area (Å²) < 4.78 is 0. The second kappa shape index (κ2) is 5.85. The monoisotopic (exact) mass is 311 g/mol. The lowest BCUT2D eigenvalue weighted by Gasteiger charge is -2.12. The zero-order valence-corrected chi connectivity index (χ0v) is 13.6. The summed E-state index contributed by atoms with van der Waals surface area (Å²) in [6.07, 6.45) is 0.314. The van der Waals surface area contributed by atoms with E-state index < -0.39 is 0 Å². The summed E-state index contributed by atoms with van der Waals surface area (Å²) in [4.78, 5) is 21.1. The summed E-state index contributed by atoms with van der Waals surface area (Å²) in [5.41, 5.74) is 4.90. The largest absolute Gasteiger partial charge is 0.302 e. The predicted octanol–water partition coefficient (Wildman–Crippen LogP) is 3.80. The summed E-state index contributed by atoms with van der Waals surface area (Å²) in [5.74, 6) is -0.0577. The lowest BCUT2D eigenvalue weighted by molar-refractivity contribution is -0.115. The van der Waals surface area contributed by atoms with Gasteiger partial charge < -0.3 is 5.32 Å². The van der Waals surface area contributed by atoms with Crippen LogP contribution in [0.3, 0.4) is 0 Å². The second-order valence-electron chi connectivity index (χ2n) is 5.34. The van der Waals surface area contributed by atoms with Gasteiger partial charge in [-0.05, 0) is 38.0 Å². The van der Waals surface area contributed by atoms with Gasteiger partial charge in [0.05, 0.1) is 17.6 Å². The molecule has 0 spiro atoms. The Bertz CT molecular complexity index is 854. The van der Waals surface area contributed by atoms with Crippen LogP contribution in [0.25, 0.3) is 10.9 Å². The molecule has 0 saturated heterocycles. The van der Waals surface area contributed by atoms with E-state index in [1.165, 1.54) is 11.3 Å². The van der Waals surface area contributed by atoms with Crippen LogP contribution >= 0.6 is 11.3 Å². The number of hydrogen-bond donors (Lipinski definition) is 1. The quantitative estimate of drug-likeness (QED) is 0.800. The predicted molar refractivity (Wildman–Crippen MR) is 90.4 cm³/mol. The number of amides is 1. The summed E-state index contributed by atoms with van der Waals surface area (Å²) in [7, 11) is 0. The van der Waals surface area contributed by atoms with Crippen molar-refractivity contribution in [1.29, 1.82) is 0 Å². The number of thiazole rings is 1. The number of aromatic nitrogens is 2. The van der Waals surface area contributed by atoms with Gasteiger partial charge in [-0.3, -0.25) is 9.78 Å². The molecule has 0 radical (unpaired) electrons. The highest BCUT2D eigenvalue weighted by Gasteiger charge is 2.13. The molecule has 1 aromatic carbocycles. The molecule has 3 rings (SSSR count). The maximum Gasteiger partial charge on any atom is 0.230 e. The first-order chi connectivity index (χ1) is 10.5. The van der Waals surface area contributed by atoms with Gasteiger partial charge in [0.1, 0.15) is 0 Å². The smallest absolute Gasteiger partial charge is 0.230 e.